The molecule has 90 valence electrons. The maximum atomic E-state index is 12.4. The normalized spacial score (nSPS) is 16.8. The number of hydrogen-bond acceptors (Lipinski definition) is 2. The Labute approximate surface area is 101 Å². The van der Waals surface area contributed by atoms with Gasteiger partial charge in [0.15, 0.2) is 0 Å². The zero-order valence-corrected chi connectivity index (χ0v) is 11.3. The van der Waals surface area contributed by atoms with Gasteiger partial charge >= 0.3 is 0 Å². The van der Waals surface area contributed by atoms with E-state index in [1.54, 1.807) is 0 Å². The SMILES string of the molecule is CCNC(C)C(C)S(=O)c1ccccc1C. The minimum absolute atomic E-state index is 0.126. The maximum Gasteiger partial charge on any atom is 0.0576 e. The van der Waals surface area contributed by atoms with E-state index in [-0.39, 0.29) is 11.3 Å². The molecule has 3 heteroatoms. The first-order valence-electron chi connectivity index (χ1n) is 5.77. The molecule has 3 atom stereocenters. The molecule has 0 radical (unpaired) electrons. The van der Waals surface area contributed by atoms with Crippen LogP contribution in [0.15, 0.2) is 29.2 Å². The third-order valence-electron chi connectivity index (χ3n) is 2.88. The van der Waals surface area contributed by atoms with Gasteiger partial charge < -0.3 is 5.32 Å². The Kier molecular flexibility index (Phi) is 5.16. The van der Waals surface area contributed by atoms with Crippen LogP contribution in [-0.4, -0.2) is 22.0 Å². The van der Waals surface area contributed by atoms with Crippen LogP contribution in [0.4, 0.5) is 0 Å². The fourth-order valence-corrected chi connectivity index (χ4v) is 3.12. The van der Waals surface area contributed by atoms with Crippen LogP contribution in [0.3, 0.4) is 0 Å². The van der Waals surface area contributed by atoms with Gasteiger partial charge in [0.25, 0.3) is 0 Å². The van der Waals surface area contributed by atoms with Crippen LogP contribution < -0.4 is 5.32 Å². The molecule has 3 unspecified atom stereocenters. The smallest absolute Gasteiger partial charge is 0.0576 e. The predicted octanol–water partition coefficient (Wildman–Crippen LogP) is 2.49. The molecular formula is C13H21NOS. The van der Waals surface area contributed by atoms with Crippen molar-refractivity contribution in [3.63, 3.8) is 0 Å². The molecule has 16 heavy (non-hydrogen) atoms. The highest BCUT2D eigenvalue weighted by atomic mass is 32.2. The highest BCUT2D eigenvalue weighted by molar-refractivity contribution is 7.85. The third kappa shape index (κ3) is 3.16. The van der Waals surface area contributed by atoms with Crippen LogP contribution in [-0.2, 0) is 10.8 Å². The molecule has 0 bridgehead atoms. The van der Waals surface area contributed by atoms with Crippen molar-refractivity contribution in [1.82, 2.24) is 5.32 Å². The summed E-state index contributed by atoms with van der Waals surface area (Å²) >= 11 is 0. The monoisotopic (exact) mass is 239 g/mol. The average molecular weight is 239 g/mol. The average Bonchev–Trinajstić information content (AvgIpc) is 2.28. The summed E-state index contributed by atoms with van der Waals surface area (Å²) < 4.78 is 12.4. The van der Waals surface area contributed by atoms with Gasteiger partial charge in [-0.1, -0.05) is 25.1 Å². The summed E-state index contributed by atoms with van der Waals surface area (Å²) in [6.45, 7) is 9.12. The quantitative estimate of drug-likeness (QED) is 0.855. The summed E-state index contributed by atoms with van der Waals surface area (Å²) in [6, 6.07) is 8.17. The van der Waals surface area contributed by atoms with Crippen molar-refractivity contribution in [2.75, 3.05) is 6.54 Å². The Bertz CT molecular complexity index is 365. The molecular weight excluding hydrogens is 218 g/mol. The highest BCUT2D eigenvalue weighted by Gasteiger charge is 2.20. The summed E-state index contributed by atoms with van der Waals surface area (Å²) in [4.78, 5) is 0.958. The zero-order chi connectivity index (χ0) is 12.1. The van der Waals surface area contributed by atoms with Crippen LogP contribution >= 0.6 is 0 Å². The van der Waals surface area contributed by atoms with E-state index in [9.17, 15) is 4.21 Å². The second-order valence-corrected chi connectivity index (χ2v) is 5.89. The van der Waals surface area contributed by atoms with Gasteiger partial charge in [0, 0.05) is 10.9 Å². The standard InChI is InChI=1S/C13H21NOS/c1-5-14-11(3)12(4)16(15)13-9-7-6-8-10(13)2/h6-9,11-12,14H,5H2,1-4H3. The second kappa shape index (κ2) is 6.16. The molecule has 0 aliphatic rings. The molecule has 1 rings (SSSR count). The number of benzene rings is 1. The van der Waals surface area contributed by atoms with Gasteiger partial charge in [-0.3, -0.25) is 4.21 Å². The molecule has 1 N–H and O–H groups in total. The molecule has 0 fully saturated rings. The van der Waals surface area contributed by atoms with Crippen molar-refractivity contribution in [2.45, 2.75) is 43.9 Å². The lowest BCUT2D eigenvalue weighted by atomic mass is 10.2. The third-order valence-corrected chi connectivity index (χ3v) is 4.85. The molecule has 0 saturated carbocycles. The molecule has 0 spiro atoms. The van der Waals surface area contributed by atoms with E-state index in [1.807, 2.05) is 38.1 Å². The Morgan fingerprint density at radius 2 is 1.94 bits per heavy atom. The van der Waals surface area contributed by atoms with E-state index in [1.165, 1.54) is 0 Å². The Balaban J connectivity index is 2.82. The topological polar surface area (TPSA) is 29.1 Å². The lowest BCUT2D eigenvalue weighted by Crippen LogP contribution is -2.38. The minimum atomic E-state index is -0.934. The molecule has 0 aromatic heterocycles. The summed E-state index contributed by atoms with van der Waals surface area (Å²) in [5.74, 6) is 0. The van der Waals surface area contributed by atoms with Crippen molar-refractivity contribution < 1.29 is 4.21 Å². The molecule has 1 aromatic carbocycles. The molecule has 1 aromatic rings. The van der Waals surface area contributed by atoms with E-state index in [4.69, 9.17) is 0 Å². The first kappa shape index (κ1) is 13.4. The summed E-state index contributed by atoms with van der Waals surface area (Å²) in [5.41, 5.74) is 1.11. The van der Waals surface area contributed by atoms with E-state index in [0.29, 0.717) is 0 Å². The molecule has 0 aliphatic carbocycles. The second-order valence-electron chi connectivity index (χ2n) is 4.11. The van der Waals surface area contributed by atoms with Gasteiger partial charge in [-0.05, 0) is 38.9 Å². The van der Waals surface area contributed by atoms with Gasteiger partial charge in [-0.15, -0.1) is 0 Å². The minimum Gasteiger partial charge on any atom is -0.313 e. The fourth-order valence-electron chi connectivity index (χ4n) is 1.66. The number of rotatable bonds is 5. The van der Waals surface area contributed by atoms with Crippen LogP contribution in [0, 0.1) is 6.92 Å². The van der Waals surface area contributed by atoms with Gasteiger partial charge in [0.05, 0.1) is 16.0 Å². The lowest BCUT2D eigenvalue weighted by Gasteiger charge is -2.20. The molecule has 0 aliphatic heterocycles. The van der Waals surface area contributed by atoms with Gasteiger partial charge in [0.2, 0.25) is 0 Å². The van der Waals surface area contributed by atoms with Crippen molar-refractivity contribution in [1.29, 1.82) is 0 Å². The van der Waals surface area contributed by atoms with E-state index in [0.717, 1.165) is 17.0 Å². The zero-order valence-electron chi connectivity index (χ0n) is 10.5. The van der Waals surface area contributed by atoms with Crippen molar-refractivity contribution in [3.8, 4) is 0 Å². The number of hydrogen-bond donors (Lipinski definition) is 1. The summed E-state index contributed by atoms with van der Waals surface area (Å²) in [5, 5.41) is 3.45. The number of aryl methyl sites for hydroxylation is 1. The Morgan fingerprint density at radius 1 is 1.31 bits per heavy atom. The highest BCUT2D eigenvalue weighted by Crippen LogP contribution is 2.17. The first-order valence-corrected chi connectivity index (χ1v) is 6.98. The molecule has 0 saturated heterocycles. The van der Waals surface area contributed by atoms with Crippen LogP contribution in [0.1, 0.15) is 26.3 Å². The molecule has 2 nitrogen and oxygen atoms in total. The summed E-state index contributed by atoms with van der Waals surface area (Å²) in [6.07, 6.45) is 0. The van der Waals surface area contributed by atoms with Crippen LogP contribution in [0.2, 0.25) is 0 Å². The first-order chi connectivity index (χ1) is 7.57. The Hall–Kier alpha value is -0.670. The van der Waals surface area contributed by atoms with Crippen LogP contribution in [0.25, 0.3) is 0 Å². The van der Waals surface area contributed by atoms with E-state index < -0.39 is 10.8 Å². The number of nitrogens with one attached hydrogen (secondary N) is 1. The van der Waals surface area contributed by atoms with Crippen molar-refractivity contribution >= 4 is 10.8 Å². The Morgan fingerprint density at radius 3 is 2.50 bits per heavy atom. The fraction of sp³-hybridized carbons (Fsp3) is 0.538. The van der Waals surface area contributed by atoms with Crippen molar-refractivity contribution in [3.05, 3.63) is 29.8 Å². The van der Waals surface area contributed by atoms with Gasteiger partial charge in [-0.25, -0.2) is 0 Å². The van der Waals surface area contributed by atoms with E-state index >= 15 is 0 Å². The predicted molar refractivity (Wildman–Crippen MR) is 70.2 cm³/mol. The van der Waals surface area contributed by atoms with Gasteiger partial charge in [-0.2, -0.15) is 0 Å². The molecule has 0 heterocycles. The van der Waals surface area contributed by atoms with Crippen molar-refractivity contribution in [2.24, 2.45) is 0 Å². The largest absolute Gasteiger partial charge is 0.313 e. The summed E-state index contributed by atoms with van der Waals surface area (Å²) in [7, 11) is -0.934. The van der Waals surface area contributed by atoms with E-state index in [2.05, 4.69) is 19.2 Å². The maximum absolute atomic E-state index is 12.4. The van der Waals surface area contributed by atoms with Crippen LogP contribution in [0.5, 0.6) is 0 Å². The lowest BCUT2D eigenvalue weighted by molar-refractivity contribution is 0.549. The van der Waals surface area contributed by atoms with Gasteiger partial charge in [0.1, 0.15) is 0 Å². The molecule has 0 amide bonds.